The van der Waals surface area contributed by atoms with Crippen LogP contribution in [0.1, 0.15) is 28.6 Å². The molecule has 41 heavy (non-hydrogen) atoms. The molecule has 4 nitrogen and oxygen atoms in total. The predicted octanol–water partition coefficient (Wildman–Crippen LogP) is 8.37. The number of benzene rings is 5. The summed E-state index contributed by atoms with van der Waals surface area (Å²) in [5, 5.41) is 4.66. The molecule has 1 N–H and O–H groups in total. The van der Waals surface area contributed by atoms with Gasteiger partial charge in [0.05, 0.1) is 5.52 Å². The van der Waals surface area contributed by atoms with Crippen LogP contribution in [0, 0.1) is 6.92 Å². The minimum absolute atomic E-state index is 0.316. The highest BCUT2D eigenvalue weighted by atomic mass is 15.2. The van der Waals surface area contributed by atoms with Crippen molar-refractivity contribution in [3.63, 3.8) is 0 Å². The molecule has 0 saturated carbocycles. The largest absolute Gasteiger partial charge is 0.324 e. The molecule has 4 heteroatoms. The number of para-hydroxylation sites is 1. The lowest BCUT2D eigenvalue weighted by molar-refractivity contribution is 0.756. The summed E-state index contributed by atoms with van der Waals surface area (Å²) >= 11 is 0. The number of hydrogen-bond donors (Lipinski definition) is 1. The number of fused-ring (bicyclic) bond motifs is 1. The Morgan fingerprint density at radius 1 is 0.512 bits per heavy atom. The Hall–Kier alpha value is -5.35. The second-order valence-electron chi connectivity index (χ2n) is 10.2. The van der Waals surface area contributed by atoms with Gasteiger partial charge in [-0.2, -0.15) is 0 Å². The maximum Gasteiger partial charge on any atom is 0.169 e. The Balaban J connectivity index is 1.23. The van der Waals surface area contributed by atoms with Crippen molar-refractivity contribution in [1.29, 1.82) is 0 Å². The lowest BCUT2D eigenvalue weighted by Crippen LogP contribution is -2.36. The monoisotopic (exact) mass is 528 g/mol. The van der Waals surface area contributed by atoms with E-state index in [1.54, 1.807) is 0 Å². The van der Waals surface area contributed by atoms with Gasteiger partial charge in [0.2, 0.25) is 0 Å². The second kappa shape index (κ2) is 10.7. The molecule has 0 bridgehead atoms. The minimum atomic E-state index is -0.316. The van der Waals surface area contributed by atoms with Crippen molar-refractivity contribution in [1.82, 2.24) is 10.3 Å². The third-order valence-corrected chi connectivity index (χ3v) is 7.41. The van der Waals surface area contributed by atoms with Crippen LogP contribution in [0.2, 0.25) is 0 Å². The molecule has 0 aliphatic carbocycles. The smallest absolute Gasteiger partial charge is 0.169 e. The summed E-state index contributed by atoms with van der Waals surface area (Å²) in [6, 6.07) is 48.3. The maximum absolute atomic E-state index is 5.03. The van der Waals surface area contributed by atoms with Gasteiger partial charge >= 0.3 is 0 Å². The average Bonchev–Trinajstić information content (AvgIpc) is 3.05. The Labute approximate surface area is 239 Å². The number of nitrogens with zero attached hydrogens (tertiary/aromatic N) is 3. The standard InChI is InChI=1S/C37H28N4/c1-25-18-19-28-14-9-17-33(34(28)38-25)27-22-20-26(21-23-27)31-15-8-16-32(24-31)37-40-35(29-10-4-2-5-11-29)39-36(41-37)30-12-6-3-7-13-30/h2-24,35H,1H3,(H,39,40,41). The maximum atomic E-state index is 5.03. The van der Waals surface area contributed by atoms with Crippen LogP contribution in [-0.2, 0) is 0 Å². The van der Waals surface area contributed by atoms with Gasteiger partial charge in [-0.1, -0.05) is 127 Å². The van der Waals surface area contributed by atoms with Crippen molar-refractivity contribution in [2.75, 3.05) is 0 Å². The van der Waals surface area contributed by atoms with Crippen molar-refractivity contribution in [3.05, 3.63) is 162 Å². The summed E-state index contributed by atoms with van der Waals surface area (Å²) in [4.78, 5) is 14.8. The third kappa shape index (κ3) is 5.04. The zero-order valence-corrected chi connectivity index (χ0v) is 22.7. The predicted molar refractivity (Wildman–Crippen MR) is 169 cm³/mol. The molecule has 1 aliphatic heterocycles. The molecule has 0 saturated heterocycles. The fraction of sp³-hybridized carbons (Fsp3) is 0.0541. The first-order valence-electron chi connectivity index (χ1n) is 13.8. The van der Waals surface area contributed by atoms with Gasteiger partial charge < -0.3 is 5.32 Å². The van der Waals surface area contributed by atoms with Gasteiger partial charge in [0.1, 0.15) is 11.7 Å². The molecule has 1 atom stereocenters. The topological polar surface area (TPSA) is 49.6 Å². The molecule has 0 spiro atoms. The first-order chi connectivity index (χ1) is 20.2. The SMILES string of the molecule is Cc1ccc2cccc(-c3ccc(-c4cccc(C5=NC(c6ccccc6)N=C(c6ccccc6)N5)c4)cc3)c2n1. The summed E-state index contributed by atoms with van der Waals surface area (Å²) < 4.78 is 0. The summed E-state index contributed by atoms with van der Waals surface area (Å²) in [6.07, 6.45) is -0.316. The van der Waals surface area contributed by atoms with E-state index in [9.17, 15) is 0 Å². The molecule has 1 aliphatic rings. The summed E-state index contributed by atoms with van der Waals surface area (Å²) in [5.74, 6) is 1.63. The minimum Gasteiger partial charge on any atom is -0.324 e. The van der Waals surface area contributed by atoms with Crippen LogP contribution in [-0.4, -0.2) is 16.7 Å². The molecule has 7 rings (SSSR count). The number of aryl methyl sites for hydroxylation is 1. The molecule has 6 aromatic rings. The molecule has 2 heterocycles. The number of hydrogen-bond acceptors (Lipinski definition) is 4. The van der Waals surface area contributed by atoms with Crippen LogP contribution in [0.4, 0.5) is 0 Å². The number of amidine groups is 2. The van der Waals surface area contributed by atoms with Crippen molar-refractivity contribution in [3.8, 4) is 22.3 Å². The Morgan fingerprint density at radius 2 is 1.15 bits per heavy atom. The highest BCUT2D eigenvalue weighted by Gasteiger charge is 2.20. The van der Waals surface area contributed by atoms with Crippen LogP contribution in [0.15, 0.2) is 150 Å². The Bertz CT molecular complexity index is 1910. The van der Waals surface area contributed by atoms with Crippen LogP contribution in [0.5, 0.6) is 0 Å². The molecule has 5 aromatic carbocycles. The third-order valence-electron chi connectivity index (χ3n) is 7.41. The van der Waals surface area contributed by atoms with Gasteiger partial charge in [-0.05, 0) is 41.3 Å². The first kappa shape index (κ1) is 24.7. The van der Waals surface area contributed by atoms with Crippen molar-refractivity contribution < 1.29 is 0 Å². The van der Waals surface area contributed by atoms with E-state index in [4.69, 9.17) is 15.0 Å². The molecule has 0 amide bonds. The fourth-order valence-electron chi connectivity index (χ4n) is 5.28. The first-order valence-corrected chi connectivity index (χ1v) is 13.8. The van der Waals surface area contributed by atoms with E-state index in [0.717, 1.165) is 67.2 Å². The number of rotatable bonds is 5. The van der Waals surface area contributed by atoms with Crippen LogP contribution in [0.25, 0.3) is 33.2 Å². The van der Waals surface area contributed by atoms with E-state index in [1.165, 1.54) is 0 Å². The molecular formula is C37H28N4. The van der Waals surface area contributed by atoms with Gasteiger partial charge in [-0.3, -0.25) is 4.98 Å². The number of pyridine rings is 1. The van der Waals surface area contributed by atoms with Crippen LogP contribution >= 0.6 is 0 Å². The van der Waals surface area contributed by atoms with Crippen molar-refractivity contribution in [2.24, 2.45) is 9.98 Å². The zero-order valence-electron chi connectivity index (χ0n) is 22.7. The van der Waals surface area contributed by atoms with Gasteiger partial charge in [0.25, 0.3) is 0 Å². The fourth-order valence-corrected chi connectivity index (χ4v) is 5.28. The molecule has 0 fully saturated rings. The summed E-state index contributed by atoms with van der Waals surface area (Å²) in [5.41, 5.74) is 9.74. The van der Waals surface area contributed by atoms with Crippen LogP contribution < -0.4 is 5.32 Å². The van der Waals surface area contributed by atoms with Crippen LogP contribution in [0.3, 0.4) is 0 Å². The lowest BCUT2D eigenvalue weighted by atomic mass is 9.97. The highest BCUT2D eigenvalue weighted by molar-refractivity contribution is 6.16. The molecule has 0 radical (unpaired) electrons. The second-order valence-corrected chi connectivity index (χ2v) is 10.2. The van der Waals surface area contributed by atoms with E-state index >= 15 is 0 Å². The van der Waals surface area contributed by atoms with E-state index in [-0.39, 0.29) is 6.17 Å². The van der Waals surface area contributed by atoms with Gasteiger partial charge in [-0.25, -0.2) is 9.98 Å². The Morgan fingerprint density at radius 3 is 1.93 bits per heavy atom. The van der Waals surface area contributed by atoms with E-state index in [1.807, 2.05) is 43.3 Å². The molecular weight excluding hydrogens is 500 g/mol. The molecule has 1 unspecified atom stereocenters. The zero-order chi connectivity index (χ0) is 27.6. The normalized spacial score (nSPS) is 14.7. The van der Waals surface area contributed by atoms with E-state index < -0.39 is 0 Å². The number of aromatic nitrogens is 1. The van der Waals surface area contributed by atoms with E-state index in [0.29, 0.717) is 0 Å². The summed E-state index contributed by atoms with van der Waals surface area (Å²) in [7, 11) is 0. The number of nitrogens with one attached hydrogen (secondary N) is 1. The highest BCUT2D eigenvalue weighted by Crippen LogP contribution is 2.31. The lowest BCUT2D eigenvalue weighted by Gasteiger charge is -2.22. The van der Waals surface area contributed by atoms with Gasteiger partial charge in [-0.15, -0.1) is 0 Å². The number of aliphatic imine (C=N–C) groups is 2. The van der Waals surface area contributed by atoms with E-state index in [2.05, 4.69) is 108 Å². The van der Waals surface area contributed by atoms with Gasteiger partial charge in [0, 0.05) is 27.8 Å². The quantitative estimate of drug-likeness (QED) is 0.244. The average molecular weight is 529 g/mol. The molecule has 196 valence electrons. The van der Waals surface area contributed by atoms with Crippen molar-refractivity contribution >= 4 is 22.6 Å². The Kier molecular flexibility index (Phi) is 6.42. The van der Waals surface area contributed by atoms with Crippen molar-refractivity contribution in [2.45, 2.75) is 13.1 Å². The summed E-state index contributed by atoms with van der Waals surface area (Å²) in [6.45, 7) is 2.04. The molecule has 1 aromatic heterocycles. The van der Waals surface area contributed by atoms with Gasteiger partial charge in [0.15, 0.2) is 6.17 Å².